The number of benzene rings is 1. The molecule has 0 radical (unpaired) electrons. The summed E-state index contributed by atoms with van der Waals surface area (Å²) in [4.78, 5) is 11.3. The summed E-state index contributed by atoms with van der Waals surface area (Å²) in [6.07, 6.45) is 0. The highest BCUT2D eigenvalue weighted by Crippen LogP contribution is 2.37. The fraction of sp³-hybridized carbons (Fsp3) is 0.417. The number of rotatable bonds is 3. The number of carbonyl (C=O) groups is 1. The Hall–Kier alpha value is -1.51. The summed E-state index contributed by atoms with van der Waals surface area (Å²) in [5.41, 5.74) is -0.585. The smallest absolute Gasteiger partial charge is 0.314 e. The van der Waals surface area contributed by atoms with E-state index >= 15 is 0 Å². The molecule has 3 nitrogen and oxygen atoms in total. The van der Waals surface area contributed by atoms with Gasteiger partial charge in [0.25, 0.3) is 0 Å². The van der Waals surface area contributed by atoms with Crippen molar-refractivity contribution in [3.63, 3.8) is 0 Å². The second-order valence-corrected chi connectivity index (χ2v) is 4.18. The minimum atomic E-state index is -1.05. The topological polar surface area (TPSA) is 57.5 Å². The van der Waals surface area contributed by atoms with Gasteiger partial charge in [0.1, 0.15) is 5.75 Å². The molecule has 1 unspecified atom stereocenters. The van der Waals surface area contributed by atoms with Crippen molar-refractivity contribution >= 4 is 5.97 Å². The van der Waals surface area contributed by atoms with Crippen LogP contribution in [0.15, 0.2) is 24.3 Å². The predicted molar refractivity (Wildman–Crippen MR) is 57.9 cm³/mol. The van der Waals surface area contributed by atoms with E-state index in [1.807, 2.05) is 13.8 Å². The van der Waals surface area contributed by atoms with Crippen molar-refractivity contribution in [3.8, 4) is 5.75 Å². The zero-order chi connectivity index (χ0) is 11.6. The highest BCUT2D eigenvalue weighted by molar-refractivity contribution is 5.82. The Morgan fingerprint density at radius 1 is 1.33 bits per heavy atom. The van der Waals surface area contributed by atoms with Crippen LogP contribution in [-0.4, -0.2) is 16.2 Å². The second kappa shape index (κ2) is 3.93. The van der Waals surface area contributed by atoms with Crippen LogP contribution in [0.25, 0.3) is 0 Å². The number of aliphatic carboxylic acids is 1. The van der Waals surface area contributed by atoms with Crippen molar-refractivity contribution in [1.82, 2.24) is 0 Å². The molecule has 0 saturated carbocycles. The molecule has 0 heterocycles. The van der Waals surface area contributed by atoms with E-state index in [1.165, 1.54) is 6.07 Å². The van der Waals surface area contributed by atoms with Gasteiger partial charge < -0.3 is 10.2 Å². The van der Waals surface area contributed by atoms with Crippen molar-refractivity contribution in [2.75, 3.05) is 0 Å². The van der Waals surface area contributed by atoms with Crippen LogP contribution >= 0.6 is 0 Å². The number of hydrogen-bond donors (Lipinski definition) is 2. The third-order valence-corrected chi connectivity index (χ3v) is 3.06. The van der Waals surface area contributed by atoms with Crippen LogP contribution in [0.5, 0.6) is 5.75 Å². The van der Waals surface area contributed by atoms with Crippen molar-refractivity contribution in [3.05, 3.63) is 29.8 Å². The Kier molecular flexibility index (Phi) is 3.03. The van der Waals surface area contributed by atoms with Crippen LogP contribution < -0.4 is 0 Å². The van der Waals surface area contributed by atoms with Gasteiger partial charge in [-0.25, -0.2) is 0 Å². The first-order valence-electron chi connectivity index (χ1n) is 4.92. The standard InChI is InChI=1S/C12H16O3/c1-8(2)12(3,11(14)15)9-6-4-5-7-10(9)13/h4-8,13H,1-3H3,(H,14,15). The van der Waals surface area contributed by atoms with Gasteiger partial charge in [0.05, 0.1) is 5.41 Å². The maximum atomic E-state index is 11.3. The minimum Gasteiger partial charge on any atom is -0.508 e. The molecule has 82 valence electrons. The van der Waals surface area contributed by atoms with Crippen molar-refractivity contribution in [2.45, 2.75) is 26.2 Å². The first-order chi connectivity index (χ1) is 6.90. The van der Waals surface area contributed by atoms with E-state index in [4.69, 9.17) is 0 Å². The van der Waals surface area contributed by atoms with Gasteiger partial charge >= 0.3 is 5.97 Å². The predicted octanol–water partition coefficient (Wildman–Crippen LogP) is 2.39. The Morgan fingerprint density at radius 3 is 2.27 bits per heavy atom. The summed E-state index contributed by atoms with van der Waals surface area (Å²) in [5.74, 6) is -0.974. The number of aromatic hydroxyl groups is 1. The number of carboxylic acids is 1. The van der Waals surface area contributed by atoms with Crippen molar-refractivity contribution < 1.29 is 15.0 Å². The molecule has 0 aliphatic carbocycles. The lowest BCUT2D eigenvalue weighted by molar-refractivity contribution is -0.145. The SMILES string of the molecule is CC(C)C(C)(C(=O)O)c1ccccc1O. The summed E-state index contributed by atoms with van der Waals surface area (Å²) in [5, 5.41) is 19.0. The van der Waals surface area contributed by atoms with Gasteiger partial charge in [0, 0.05) is 5.56 Å². The Bertz CT molecular complexity index is 371. The lowest BCUT2D eigenvalue weighted by atomic mass is 9.73. The summed E-state index contributed by atoms with van der Waals surface area (Å²) < 4.78 is 0. The number of phenols is 1. The Balaban J connectivity index is 3.34. The Morgan fingerprint density at radius 2 is 1.87 bits per heavy atom. The van der Waals surface area contributed by atoms with E-state index in [2.05, 4.69) is 0 Å². The average molecular weight is 208 g/mol. The Labute approximate surface area is 89.4 Å². The summed E-state index contributed by atoms with van der Waals surface area (Å²) in [6, 6.07) is 6.59. The highest BCUT2D eigenvalue weighted by atomic mass is 16.4. The molecule has 0 aliphatic rings. The maximum Gasteiger partial charge on any atom is 0.314 e. The van der Waals surface area contributed by atoms with Crippen LogP contribution in [-0.2, 0) is 10.2 Å². The lowest BCUT2D eigenvalue weighted by Crippen LogP contribution is -2.37. The molecule has 0 saturated heterocycles. The van der Waals surface area contributed by atoms with Crippen molar-refractivity contribution in [2.24, 2.45) is 5.92 Å². The van der Waals surface area contributed by atoms with Gasteiger partial charge in [-0.15, -0.1) is 0 Å². The molecule has 1 atom stereocenters. The summed E-state index contributed by atoms with van der Waals surface area (Å²) >= 11 is 0. The van der Waals surface area contributed by atoms with Crippen LogP contribution in [0.2, 0.25) is 0 Å². The molecule has 1 aromatic carbocycles. The van der Waals surface area contributed by atoms with E-state index < -0.39 is 11.4 Å². The molecule has 2 N–H and O–H groups in total. The third-order valence-electron chi connectivity index (χ3n) is 3.06. The van der Waals surface area contributed by atoms with Gasteiger partial charge in [-0.3, -0.25) is 4.79 Å². The summed E-state index contributed by atoms with van der Waals surface area (Å²) in [6.45, 7) is 5.30. The van der Waals surface area contributed by atoms with Gasteiger partial charge in [0.15, 0.2) is 0 Å². The third kappa shape index (κ3) is 1.82. The molecule has 0 spiro atoms. The zero-order valence-corrected chi connectivity index (χ0v) is 9.19. The summed E-state index contributed by atoms with van der Waals surface area (Å²) in [7, 11) is 0. The number of para-hydroxylation sites is 1. The number of hydrogen-bond acceptors (Lipinski definition) is 2. The van der Waals surface area contributed by atoms with Crippen LogP contribution in [0.3, 0.4) is 0 Å². The first kappa shape index (κ1) is 11.6. The first-order valence-corrected chi connectivity index (χ1v) is 4.92. The van der Waals surface area contributed by atoms with E-state index in [0.29, 0.717) is 5.56 Å². The highest BCUT2D eigenvalue weighted by Gasteiger charge is 2.40. The fourth-order valence-electron chi connectivity index (χ4n) is 1.59. The molecule has 3 heteroatoms. The number of phenolic OH excluding ortho intramolecular Hbond substituents is 1. The maximum absolute atomic E-state index is 11.3. The quantitative estimate of drug-likeness (QED) is 0.801. The van der Waals surface area contributed by atoms with E-state index in [-0.39, 0.29) is 11.7 Å². The monoisotopic (exact) mass is 208 g/mol. The van der Waals surface area contributed by atoms with Crippen molar-refractivity contribution in [1.29, 1.82) is 0 Å². The molecule has 1 rings (SSSR count). The van der Waals surface area contributed by atoms with Gasteiger partial charge in [-0.05, 0) is 18.9 Å². The van der Waals surface area contributed by atoms with E-state index in [0.717, 1.165) is 0 Å². The molecule has 0 aromatic heterocycles. The van der Waals surface area contributed by atoms with Gasteiger partial charge in [-0.2, -0.15) is 0 Å². The molecule has 0 amide bonds. The largest absolute Gasteiger partial charge is 0.508 e. The minimum absolute atomic E-state index is 0.0381. The molecule has 15 heavy (non-hydrogen) atoms. The fourth-order valence-corrected chi connectivity index (χ4v) is 1.59. The number of carboxylic acid groups (broad SMARTS) is 1. The lowest BCUT2D eigenvalue weighted by Gasteiger charge is -2.30. The zero-order valence-electron chi connectivity index (χ0n) is 9.19. The van der Waals surface area contributed by atoms with Crippen LogP contribution in [0.4, 0.5) is 0 Å². The van der Waals surface area contributed by atoms with E-state index in [1.54, 1.807) is 25.1 Å². The van der Waals surface area contributed by atoms with Gasteiger partial charge in [-0.1, -0.05) is 32.0 Å². The van der Waals surface area contributed by atoms with Crippen LogP contribution in [0.1, 0.15) is 26.3 Å². The average Bonchev–Trinajstić information content (AvgIpc) is 2.16. The normalized spacial score (nSPS) is 14.9. The van der Waals surface area contributed by atoms with E-state index in [9.17, 15) is 15.0 Å². The molecule has 0 fully saturated rings. The molecular formula is C12H16O3. The van der Waals surface area contributed by atoms with Gasteiger partial charge in [0.2, 0.25) is 0 Å². The molecule has 1 aromatic rings. The molecule has 0 aliphatic heterocycles. The molecular weight excluding hydrogens is 192 g/mol. The molecule has 0 bridgehead atoms. The second-order valence-electron chi connectivity index (χ2n) is 4.18. The van der Waals surface area contributed by atoms with Crippen LogP contribution in [0, 0.1) is 5.92 Å².